The number of hydrogen-bond acceptors (Lipinski definition) is 4. The third kappa shape index (κ3) is 3.94. The average molecular weight is 265 g/mol. The summed E-state index contributed by atoms with van der Waals surface area (Å²) in [7, 11) is 0. The Hall–Kier alpha value is -2.11. The van der Waals surface area contributed by atoms with Crippen LogP contribution in [0.5, 0.6) is 0 Å². The van der Waals surface area contributed by atoms with Crippen LogP contribution in [0, 0.1) is 17.0 Å². The molecule has 0 saturated carbocycles. The lowest BCUT2D eigenvalue weighted by atomic mass is 10.1. The van der Waals surface area contributed by atoms with Crippen LogP contribution in [0.25, 0.3) is 0 Å². The van der Waals surface area contributed by atoms with Gasteiger partial charge in [0.15, 0.2) is 0 Å². The van der Waals surface area contributed by atoms with Crippen LogP contribution in [0.15, 0.2) is 18.2 Å². The Morgan fingerprint density at radius 2 is 2.16 bits per heavy atom. The molecule has 0 radical (unpaired) electrons. The minimum absolute atomic E-state index is 0.0184. The van der Waals surface area contributed by atoms with Crippen LogP contribution in [-0.2, 0) is 4.79 Å². The van der Waals surface area contributed by atoms with Crippen LogP contribution in [0.1, 0.15) is 25.8 Å². The highest BCUT2D eigenvalue weighted by Crippen LogP contribution is 2.28. The Morgan fingerprint density at radius 1 is 1.47 bits per heavy atom. The molecule has 1 unspecified atom stereocenters. The topological polar surface area (TPSA) is 84.3 Å². The van der Waals surface area contributed by atoms with E-state index in [0.29, 0.717) is 12.2 Å². The summed E-state index contributed by atoms with van der Waals surface area (Å²) in [5.41, 5.74) is 1.12. The fourth-order valence-electron chi connectivity index (χ4n) is 1.68. The number of nitrogens with zero attached hydrogens (tertiary/aromatic N) is 1. The number of aryl methyl sites for hydroxylation is 1. The van der Waals surface area contributed by atoms with E-state index < -0.39 is 11.0 Å². The highest BCUT2D eigenvalue weighted by molar-refractivity contribution is 5.85. The van der Waals surface area contributed by atoms with Crippen LogP contribution >= 0.6 is 0 Å². The van der Waals surface area contributed by atoms with Gasteiger partial charge in [0.2, 0.25) is 5.91 Å². The molecule has 19 heavy (non-hydrogen) atoms. The molecule has 2 N–H and O–H groups in total. The summed E-state index contributed by atoms with van der Waals surface area (Å²) in [4.78, 5) is 22.3. The third-order valence-corrected chi connectivity index (χ3v) is 2.75. The maximum Gasteiger partial charge on any atom is 0.292 e. The minimum Gasteiger partial charge on any atom is -0.368 e. The Bertz CT molecular complexity index is 474. The SMILES string of the molecule is CCCNC(=O)C(C)Nc1c(C)cccc1[N+](=O)[O-]. The van der Waals surface area contributed by atoms with Gasteiger partial charge in [-0.2, -0.15) is 0 Å². The second-order valence-corrected chi connectivity index (χ2v) is 4.38. The molecule has 1 aromatic rings. The number of para-hydroxylation sites is 1. The predicted octanol–water partition coefficient (Wildman–Crippen LogP) is 2.23. The van der Waals surface area contributed by atoms with Crippen molar-refractivity contribution in [1.82, 2.24) is 5.32 Å². The maximum absolute atomic E-state index is 11.8. The molecular weight excluding hydrogens is 246 g/mol. The number of benzene rings is 1. The first-order valence-corrected chi connectivity index (χ1v) is 6.25. The fraction of sp³-hybridized carbons (Fsp3) is 0.462. The van der Waals surface area contributed by atoms with Crippen molar-refractivity contribution in [2.24, 2.45) is 0 Å². The molecule has 1 aromatic carbocycles. The zero-order chi connectivity index (χ0) is 14.4. The van der Waals surface area contributed by atoms with Gasteiger partial charge in [-0.15, -0.1) is 0 Å². The van der Waals surface area contributed by atoms with Gasteiger partial charge in [-0.1, -0.05) is 19.1 Å². The molecule has 1 amide bonds. The lowest BCUT2D eigenvalue weighted by molar-refractivity contribution is -0.384. The molecule has 0 aromatic heterocycles. The van der Waals surface area contributed by atoms with E-state index in [1.54, 1.807) is 26.0 Å². The molecule has 0 saturated heterocycles. The fourth-order valence-corrected chi connectivity index (χ4v) is 1.68. The molecule has 104 valence electrons. The number of amides is 1. The molecule has 1 atom stereocenters. The van der Waals surface area contributed by atoms with Crippen LogP contribution < -0.4 is 10.6 Å². The van der Waals surface area contributed by atoms with Gasteiger partial charge in [0.25, 0.3) is 5.69 Å². The van der Waals surface area contributed by atoms with Gasteiger partial charge in [0, 0.05) is 12.6 Å². The Kier molecular flexibility index (Phi) is 5.29. The van der Waals surface area contributed by atoms with Gasteiger partial charge < -0.3 is 10.6 Å². The number of nitro benzene ring substituents is 1. The second kappa shape index (κ2) is 6.72. The minimum atomic E-state index is -0.522. The smallest absolute Gasteiger partial charge is 0.292 e. The molecular formula is C13H19N3O3. The van der Waals surface area contributed by atoms with E-state index in [1.807, 2.05) is 6.92 Å². The Balaban J connectivity index is 2.87. The highest BCUT2D eigenvalue weighted by atomic mass is 16.6. The quantitative estimate of drug-likeness (QED) is 0.610. The Labute approximate surface area is 112 Å². The largest absolute Gasteiger partial charge is 0.368 e. The van der Waals surface area contributed by atoms with E-state index in [4.69, 9.17) is 0 Å². The molecule has 0 bridgehead atoms. The summed E-state index contributed by atoms with van der Waals surface area (Å²) in [6, 6.07) is 4.30. The van der Waals surface area contributed by atoms with Crippen molar-refractivity contribution >= 4 is 17.3 Å². The lowest BCUT2D eigenvalue weighted by Gasteiger charge is -2.16. The monoisotopic (exact) mass is 265 g/mol. The molecule has 0 spiro atoms. The van der Waals surface area contributed by atoms with E-state index >= 15 is 0 Å². The first kappa shape index (κ1) is 14.9. The second-order valence-electron chi connectivity index (χ2n) is 4.38. The molecule has 0 fully saturated rings. The molecule has 0 aliphatic carbocycles. The number of carbonyl (C=O) groups is 1. The number of nitro groups is 1. The molecule has 0 heterocycles. The van der Waals surface area contributed by atoms with Gasteiger partial charge in [0.1, 0.15) is 11.7 Å². The average Bonchev–Trinajstić information content (AvgIpc) is 2.37. The summed E-state index contributed by atoms with van der Waals surface area (Å²) < 4.78 is 0. The van der Waals surface area contributed by atoms with Gasteiger partial charge in [-0.25, -0.2) is 0 Å². The first-order chi connectivity index (χ1) is 8.97. The van der Waals surface area contributed by atoms with Gasteiger partial charge in [0.05, 0.1) is 4.92 Å². The van der Waals surface area contributed by atoms with E-state index in [-0.39, 0.29) is 11.6 Å². The van der Waals surface area contributed by atoms with E-state index in [2.05, 4.69) is 10.6 Å². The normalized spacial score (nSPS) is 11.7. The number of nitrogens with one attached hydrogen (secondary N) is 2. The summed E-state index contributed by atoms with van der Waals surface area (Å²) >= 11 is 0. The van der Waals surface area contributed by atoms with Crippen molar-refractivity contribution in [2.45, 2.75) is 33.2 Å². The van der Waals surface area contributed by atoms with E-state index in [1.165, 1.54) is 6.07 Å². The summed E-state index contributed by atoms with van der Waals surface area (Å²) in [5.74, 6) is -0.167. The van der Waals surface area contributed by atoms with Crippen molar-refractivity contribution < 1.29 is 9.72 Å². The number of hydrogen-bond donors (Lipinski definition) is 2. The van der Waals surface area contributed by atoms with Crippen LogP contribution in [0.3, 0.4) is 0 Å². The van der Waals surface area contributed by atoms with Gasteiger partial charge in [-0.05, 0) is 25.8 Å². The first-order valence-electron chi connectivity index (χ1n) is 6.25. The zero-order valence-electron chi connectivity index (χ0n) is 11.4. The molecule has 0 aliphatic heterocycles. The molecule has 1 rings (SSSR count). The molecule has 0 aliphatic rings. The maximum atomic E-state index is 11.8. The Morgan fingerprint density at radius 3 is 2.74 bits per heavy atom. The number of carbonyl (C=O) groups excluding carboxylic acids is 1. The van der Waals surface area contributed by atoms with E-state index in [0.717, 1.165) is 12.0 Å². The summed E-state index contributed by atoms with van der Waals surface area (Å²) in [6.45, 7) is 6.01. The predicted molar refractivity (Wildman–Crippen MR) is 74.2 cm³/mol. The summed E-state index contributed by atoms with van der Waals surface area (Å²) in [5, 5.41) is 16.6. The lowest BCUT2D eigenvalue weighted by Crippen LogP contribution is -2.38. The molecule has 6 heteroatoms. The third-order valence-electron chi connectivity index (χ3n) is 2.75. The standard InChI is InChI=1S/C13H19N3O3/c1-4-8-14-13(17)10(3)15-12-9(2)6-5-7-11(12)16(18)19/h5-7,10,15H,4,8H2,1-3H3,(H,14,17). The number of anilines is 1. The van der Waals surface area contributed by atoms with Crippen molar-refractivity contribution in [3.63, 3.8) is 0 Å². The molecule has 6 nitrogen and oxygen atoms in total. The number of rotatable bonds is 6. The van der Waals surface area contributed by atoms with Gasteiger partial charge in [-0.3, -0.25) is 14.9 Å². The zero-order valence-corrected chi connectivity index (χ0v) is 11.4. The van der Waals surface area contributed by atoms with Crippen molar-refractivity contribution in [3.05, 3.63) is 33.9 Å². The van der Waals surface area contributed by atoms with E-state index in [9.17, 15) is 14.9 Å². The van der Waals surface area contributed by atoms with Crippen LogP contribution in [0.2, 0.25) is 0 Å². The summed E-state index contributed by atoms with van der Waals surface area (Å²) in [6.07, 6.45) is 0.850. The van der Waals surface area contributed by atoms with Gasteiger partial charge >= 0.3 is 0 Å². The van der Waals surface area contributed by atoms with Crippen molar-refractivity contribution in [2.75, 3.05) is 11.9 Å². The van der Waals surface area contributed by atoms with Crippen LogP contribution in [0.4, 0.5) is 11.4 Å². The van der Waals surface area contributed by atoms with Crippen molar-refractivity contribution in [3.8, 4) is 0 Å². The van der Waals surface area contributed by atoms with Crippen LogP contribution in [-0.4, -0.2) is 23.4 Å². The van der Waals surface area contributed by atoms with Crippen molar-refractivity contribution in [1.29, 1.82) is 0 Å². The highest BCUT2D eigenvalue weighted by Gasteiger charge is 2.20.